The lowest BCUT2D eigenvalue weighted by Gasteiger charge is -2.25. The SMILES string of the molecule is Cc1ccc(C)c(NC(=NCCN2CCOCC2)NC(=O)c2ccc(C(C)(C)C)cc2)c1. The maximum atomic E-state index is 13.0. The Morgan fingerprint density at radius 1 is 1.06 bits per heavy atom. The highest BCUT2D eigenvalue weighted by Gasteiger charge is 2.16. The van der Waals surface area contributed by atoms with Crippen molar-refractivity contribution in [2.24, 2.45) is 4.99 Å². The Labute approximate surface area is 192 Å². The van der Waals surface area contributed by atoms with E-state index in [1.165, 1.54) is 5.56 Å². The van der Waals surface area contributed by atoms with Crippen molar-refractivity contribution in [1.29, 1.82) is 0 Å². The Morgan fingerprint density at radius 3 is 2.41 bits per heavy atom. The fourth-order valence-electron chi connectivity index (χ4n) is 3.54. The molecule has 6 nitrogen and oxygen atoms in total. The second kappa shape index (κ2) is 10.7. The third-order valence-electron chi connectivity index (χ3n) is 5.68. The molecule has 0 aliphatic carbocycles. The summed E-state index contributed by atoms with van der Waals surface area (Å²) in [6, 6.07) is 14.0. The zero-order chi connectivity index (χ0) is 23.1. The lowest BCUT2D eigenvalue weighted by atomic mass is 9.87. The first kappa shape index (κ1) is 24.0. The smallest absolute Gasteiger partial charge is 0.257 e. The molecule has 0 spiro atoms. The van der Waals surface area contributed by atoms with Crippen LogP contribution in [0.4, 0.5) is 5.69 Å². The number of amides is 1. The van der Waals surface area contributed by atoms with E-state index in [0.29, 0.717) is 18.1 Å². The van der Waals surface area contributed by atoms with Gasteiger partial charge >= 0.3 is 0 Å². The maximum absolute atomic E-state index is 13.0. The van der Waals surface area contributed by atoms with Gasteiger partial charge in [-0.3, -0.25) is 20.0 Å². The van der Waals surface area contributed by atoms with E-state index in [-0.39, 0.29) is 11.3 Å². The Hall–Kier alpha value is -2.70. The molecule has 0 radical (unpaired) electrons. The fourth-order valence-corrected chi connectivity index (χ4v) is 3.54. The van der Waals surface area contributed by atoms with Gasteiger partial charge in [-0.2, -0.15) is 0 Å². The molecule has 3 rings (SSSR count). The molecule has 0 bridgehead atoms. The second-order valence-electron chi connectivity index (χ2n) is 9.41. The number of carbonyl (C=O) groups excluding carboxylic acids is 1. The third kappa shape index (κ3) is 6.90. The number of rotatable bonds is 5. The molecular weight excluding hydrogens is 400 g/mol. The average molecular weight is 437 g/mol. The number of hydrogen-bond acceptors (Lipinski definition) is 4. The molecule has 2 N–H and O–H groups in total. The summed E-state index contributed by atoms with van der Waals surface area (Å²) in [7, 11) is 0. The summed E-state index contributed by atoms with van der Waals surface area (Å²) in [6.45, 7) is 15.4. The van der Waals surface area contributed by atoms with Crippen molar-refractivity contribution in [2.45, 2.75) is 40.0 Å². The van der Waals surface area contributed by atoms with Crippen molar-refractivity contribution in [3.05, 3.63) is 64.7 Å². The molecule has 172 valence electrons. The molecule has 0 saturated carbocycles. The number of hydrogen-bond donors (Lipinski definition) is 2. The van der Waals surface area contributed by atoms with E-state index in [4.69, 9.17) is 9.73 Å². The Kier molecular flexibility index (Phi) is 8.04. The highest BCUT2D eigenvalue weighted by molar-refractivity contribution is 6.10. The van der Waals surface area contributed by atoms with Crippen LogP contribution in [0.15, 0.2) is 47.5 Å². The molecular formula is C26H36N4O2. The molecule has 1 aliphatic rings. The number of guanidine groups is 1. The summed E-state index contributed by atoms with van der Waals surface area (Å²) in [4.78, 5) is 20.0. The molecule has 2 aromatic carbocycles. The van der Waals surface area contributed by atoms with Crippen molar-refractivity contribution >= 4 is 17.6 Å². The van der Waals surface area contributed by atoms with Gasteiger partial charge in [-0.1, -0.05) is 45.0 Å². The standard InChI is InChI=1S/C26H36N4O2/c1-19-6-7-20(2)23(18-19)28-25(27-12-13-30-14-16-32-17-15-30)29-24(31)21-8-10-22(11-9-21)26(3,4)5/h6-11,18H,12-17H2,1-5H3,(H2,27,28,29,31). The summed E-state index contributed by atoms with van der Waals surface area (Å²) < 4.78 is 5.41. The molecule has 0 unspecified atom stereocenters. The van der Waals surface area contributed by atoms with E-state index in [9.17, 15) is 4.79 Å². The first-order chi connectivity index (χ1) is 15.2. The number of aryl methyl sites for hydroxylation is 2. The zero-order valence-corrected chi connectivity index (χ0v) is 20.0. The van der Waals surface area contributed by atoms with Crippen LogP contribution in [-0.2, 0) is 10.2 Å². The van der Waals surface area contributed by atoms with E-state index >= 15 is 0 Å². The van der Waals surface area contributed by atoms with Gasteiger partial charge in [-0.05, 0) is 54.2 Å². The first-order valence-corrected chi connectivity index (χ1v) is 11.3. The van der Waals surface area contributed by atoms with Crippen LogP contribution in [0.25, 0.3) is 0 Å². The molecule has 1 heterocycles. The van der Waals surface area contributed by atoms with Gasteiger partial charge in [0.2, 0.25) is 5.96 Å². The predicted octanol–water partition coefficient (Wildman–Crippen LogP) is 4.13. The lowest BCUT2D eigenvalue weighted by molar-refractivity contribution is 0.0394. The van der Waals surface area contributed by atoms with Crippen molar-refractivity contribution in [2.75, 3.05) is 44.7 Å². The Bertz CT molecular complexity index is 939. The molecule has 1 aliphatic heterocycles. The number of nitrogens with zero attached hydrogens (tertiary/aromatic N) is 2. The normalized spacial score (nSPS) is 15.5. The number of anilines is 1. The second-order valence-corrected chi connectivity index (χ2v) is 9.41. The van der Waals surface area contributed by atoms with Gasteiger partial charge in [-0.25, -0.2) is 0 Å². The van der Waals surface area contributed by atoms with Crippen LogP contribution >= 0.6 is 0 Å². The first-order valence-electron chi connectivity index (χ1n) is 11.3. The molecule has 6 heteroatoms. The summed E-state index contributed by atoms with van der Waals surface area (Å²) in [5, 5.41) is 6.32. The van der Waals surface area contributed by atoms with E-state index in [1.807, 2.05) is 31.2 Å². The van der Waals surface area contributed by atoms with Crippen LogP contribution in [0.5, 0.6) is 0 Å². The van der Waals surface area contributed by atoms with Crippen LogP contribution in [0.3, 0.4) is 0 Å². The Morgan fingerprint density at radius 2 is 1.75 bits per heavy atom. The van der Waals surface area contributed by atoms with E-state index < -0.39 is 0 Å². The molecule has 1 saturated heterocycles. The summed E-state index contributed by atoms with van der Waals surface area (Å²) in [5.41, 5.74) is 5.04. The molecule has 0 atom stereocenters. The van der Waals surface area contributed by atoms with Crippen LogP contribution in [-0.4, -0.2) is 56.2 Å². The predicted molar refractivity (Wildman–Crippen MR) is 132 cm³/mol. The van der Waals surface area contributed by atoms with Crippen molar-refractivity contribution in [1.82, 2.24) is 10.2 Å². The van der Waals surface area contributed by atoms with Gasteiger partial charge in [0.15, 0.2) is 0 Å². The fraction of sp³-hybridized carbons (Fsp3) is 0.462. The van der Waals surface area contributed by atoms with Gasteiger partial charge in [0.1, 0.15) is 0 Å². The minimum atomic E-state index is -0.173. The number of morpholine rings is 1. The largest absolute Gasteiger partial charge is 0.379 e. The average Bonchev–Trinajstić information content (AvgIpc) is 2.76. The van der Waals surface area contributed by atoms with Crippen LogP contribution in [0.1, 0.15) is 47.8 Å². The molecule has 0 aromatic heterocycles. The number of ether oxygens (including phenoxy) is 1. The van der Waals surface area contributed by atoms with Crippen LogP contribution in [0.2, 0.25) is 0 Å². The number of nitrogens with one attached hydrogen (secondary N) is 2. The quantitative estimate of drug-likeness (QED) is 0.546. The number of benzene rings is 2. The van der Waals surface area contributed by atoms with Crippen LogP contribution < -0.4 is 10.6 Å². The number of carbonyl (C=O) groups is 1. The molecule has 1 fully saturated rings. The summed E-state index contributed by atoms with van der Waals surface area (Å²) in [5.74, 6) is 0.297. The summed E-state index contributed by atoms with van der Waals surface area (Å²) in [6.07, 6.45) is 0. The minimum absolute atomic E-state index is 0.0470. The Balaban J connectivity index is 1.73. The topological polar surface area (TPSA) is 66.0 Å². The molecule has 32 heavy (non-hydrogen) atoms. The van der Waals surface area contributed by atoms with Crippen molar-refractivity contribution in [3.63, 3.8) is 0 Å². The van der Waals surface area contributed by atoms with E-state index in [0.717, 1.165) is 49.7 Å². The highest BCUT2D eigenvalue weighted by atomic mass is 16.5. The van der Waals surface area contributed by atoms with Crippen LogP contribution in [0, 0.1) is 13.8 Å². The monoisotopic (exact) mass is 436 g/mol. The van der Waals surface area contributed by atoms with Crippen molar-refractivity contribution in [3.8, 4) is 0 Å². The van der Waals surface area contributed by atoms with E-state index in [1.54, 1.807) is 0 Å². The number of aliphatic imine (C=N–C) groups is 1. The lowest BCUT2D eigenvalue weighted by Crippen LogP contribution is -2.39. The summed E-state index contributed by atoms with van der Waals surface area (Å²) >= 11 is 0. The minimum Gasteiger partial charge on any atom is -0.379 e. The van der Waals surface area contributed by atoms with Gasteiger partial charge in [0.25, 0.3) is 5.91 Å². The van der Waals surface area contributed by atoms with Crippen molar-refractivity contribution < 1.29 is 9.53 Å². The maximum Gasteiger partial charge on any atom is 0.257 e. The van der Waals surface area contributed by atoms with E-state index in [2.05, 4.69) is 61.4 Å². The zero-order valence-electron chi connectivity index (χ0n) is 20.0. The van der Waals surface area contributed by atoms with Gasteiger partial charge in [0.05, 0.1) is 19.8 Å². The third-order valence-corrected chi connectivity index (χ3v) is 5.68. The van der Waals surface area contributed by atoms with Gasteiger partial charge < -0.3 is 10.1 Å². The molecule has 1 amide bonds. The van der Waals surface area contributed by atoms with Gasteiger partial charge in [0, 0.05) is 30.9 Å². The van der Waals surface area contributed by atoms with Gasteiger partial charge in [-0.15, -0.1) is 0 Å². The highest BCUT2D eigenvalue weighted by Crippen LogP contribution is 2.22. The molecule has 2 aromatic rings.